The van der Waals surface area contributed by atoms with Gasteiger partial charge in [-0.1, -0.05) is 25.8 Å². The lowest BCUT2D eigenvalue weighted by Crippen LogP contribution is -2.17. The van der Waals surface area contributed by atoms with Crippen LogP contribution in [0, 0.1) is 0 Å². The Morgan fingerprint density at radius 3 is 2.55 bits per heavy atom. The van der Waals surface area contributed by atoms with Crippen molar-refractivity contribution in [2.75, 3.05) is 13.6 Å². The molecule has 1 heteroatoms. The molecule has 1 aliphatic rings. The maximum absolute atomic E-state index is 4.06. The van der Waals surface area contributed by atoms with Gasteiger partial charge >= 0.3 is 0 Å². The van der Waals surface area contributed by atoms with Crippen LogP contribution in [0.2, 0.25) is 0 Å². The molecule has 0 radical (unpaired) electrons. The first-order chi connectivity index (χ1) is 5.30. The van der Waals surface area contributed by atoms with Crippen molar-refractivity contribution >= 4 is 0 Å². The van der Waals surface area contributed by atoms with Crippen molar-refractivity contribution in [3.63, 3.8) is 0 Å². The lowest BCUT2D eigenvalue weighted by molar-refractivity contribution is 0.397. The number of hydrogen-bond acceptors (Lipinski definition) is 1. The fourth-order valence-electron chi connectivity index (χ4n) is 1.56. The number of nitrogens with zero attached hydrogens (tertiary/aromatic N) is 1. The first-order valence-corrected chi connectivity index (χ1v) is 4.69. The summed E-state index contributed by atoms with van der Waals surface area (Å²) in [4.78, 5) is 2.31. The van der Waals surface area contributed by atoms with E-state index < -0.39 is 0 Å². The summed E-state index contributed by atoms with van der Waals surface area (Å²) in [6, 6.07) is 0. The van der Waals surface area contributed by atoms with Crippen LogP contribution >= 0.6 is 0 Å². The van der Waals surface area contributed by atoms with Crippen molar-refractivity contribution in [3.05, 3.63) is 12.3 Å². The van der Waals surface area contributed by atoms with Crippen molar-refractivity contribution in [3.8, 4) is 0 Å². The predicted molar refractivity (Wildman–Crippen MR) is 49.5 cm³/mol. The van der Waals surface area contributed by atoms with Gasteiger partial charge in [0.1, 0.15) is 0 Å². The predicted octanol–water partition coefficient (Wildman–Crippen LogP) is 2.79. The molecule has 1 heterocycles. The summed E-state index contributed by atoms with van der Waals surface area (Å²) in [6.45, 7) is 5.27. The molecule has 1 aliphatic heterocycles. The Bertz CT molecular complexity index is 129. The van der Waals surface area contributed by atoms with Crippen molar-refractivity contribution in [1.29, 1.82) is 0 Å². The van der Waals surface area contributed by atoms with Crippen LogP contribution in [0.3, 0.4) is 0 Å². The summed E-state index contributed by atoms with van der Waals surface area (Å²) < 4.78 is 0. The van der Waals surface area contributed by atoms with Gasteiger partial charge in [-0.15, -0.1) is 0 Å². The molecule has 0 spiro atoms. The van der Waals surface area contributed by atoms with Gasteiger partial charge in [0, 0.05) is 19.3 Å². The van der Waals surface area contributed by atoms with E-state index in [0.717, 1.165) is 0 Å². The van der Waals surface area contributed by atoms with E-state index in [9.17, 15) is 0 Å². The first-order valence-electron chi connectivity index (χ1n) is 4.69. The van der Waals surface area contributed by atoms with Crippen LogP contribution in [0.4, 0.5) is 0 Å². The van der Waals surface area contributed by atoms with Gasteiger partial charge in [-0.05, 0) is 19.3 Å². The normalized spacial score (nSPS) is 22.3. The number of hydrogen-bond donors (Lipinski definition) is 0. The first kappa shape index (κ1) is 8.63. The van der Waals surface area contributed by atoms with Gasteiger partial charge in [0.2, 0.25) is 0 Å². The van der Waals surface area contributed by atoms with E-state index in [-0.39, 0.29) is 0 Å². The summed E-state index contributed by atoms with van der Waals surface area (Å²) in [5.74, 6) is 0. The van der Waals surface area contributed by atoms with Gasteiger partial charge in [0.25, 0.3) is 0 Å². The quantitative estimate of drug-likeness (QED) is 0.517. The Morgan fingerprint density at radius 1 is 1.09 bits per heavy atom. The number of rotatable bonds is 0. The van der Waals surface area contributed by atoms with Gasteiger partial charge in [-0.3, -0.25) is 0 Å². The molecule has 11 heavy (non-hydrogen) atoms. The molecule has 0 aromatic carbocycles. The van der Waals surface area contributed by atoms with E-state index in [0.29, 0.717) is 0 Å². The molecule has 0 saturated carbocycles. The van der Waals surface area contributed by atoms with Gasteiger partial charge in [0.15, 0.2) is 0 Å². The second-order valence-electron chi connectivity index (χ2n) is 3.51. The zero-order chi connectivity index (χ0) is 8.10. The summed E-state index contributed by atoms with van der Waals surface area (Å²) in [7, 11) is 2.16. The molecule has 1 rings (SSSR count). The Balaban J connectivity index is 2.35. The van der Waals surface area contributed by atoms with Crippen LogP contribution < -0.4 is 0 Å². The molecule has 1 saturated heterocycles. The zero-order valence-electron chi connectivity index (χ0n) is 7.60. The lowest BCUT2D eigenvalue weighted by atomic mass is 10.1. The Labute approximate surface area is 70.1 Å². The fourth-order valence-corrected chi connectivity index (χ4v) is 1.56. The minimum Gasteiger partial charge on any atom is -0.378 e. The molecule has 0 N–H and O–H groups in total. The molecular weight excluding hydrogens is 134 g/mol. The Hall–Kier alpha value is -0.460. The standard InChI is InChI=1S/C10H19N/c1-10-8-6-4-3-5-7-9-11(10)2/h1,3-9H2,2H3. The molecule has 1 nitrogen and oxygen atoms in total. The third-order valence-corrected chi connectivity index (χ3v) is 2.50. The van der Waals surface area contributed by atoms with Crippen molar-refractivity contribution in [2.45, 2.75) is 38.5 Å². The van der Waals surface area contributed by atoms with E-state index in [1.165, 1.54) is 50.8 Å². The van der Waals surface area contributed by atoms with E-state index in [2.05, 4.69) is 18.5 Å². The minimum absolute atomic E-state index is 1.20. The van der Waals surface area contributed by atoms with Gasteiger partial charge < -0.3 is 4.90 Å². The molecule has 1 fully saturated rings. The number of allylic oxidation sites excluding steroid dienone is 1. The lowest BCUT2D eigenvalue weighted by Gasteiger charge is -2.20. The molecule has 0 bridgehead atoms. The highest BCUT2D eigenvalue weighted by atomic mass is 15.1. The van der Waals surface area contributed by atoms with Gasteiger partial charge in [0.05, 0.1) is 0 Å². The second kappa shape index (κ2) is 4.42. The van der Waals surface area contributed by atoms with E-state index in [1.807, 2.05) is 0 Å². The highest BCUT2D eigenvalue weighted by Gasteiger charge is 2.04. The van der Waals surface area contributed by atoms with E-state index >= 15 is 0 Å². The topological polar surface area (TPSA) is 3.24 Å². The average Bonchev–Trinajstić information content (AvgIpc) is 2.07. The van der Waals surface area contributed by atoms with Crippen LogP contribution in [0.25, 0.3) is 0 Å². The molecule has 0 aliphatic carbocycles. The molecular formula is C10H19N. The van der Waals surface area contributed by atoms with Crippen molar-refractivity contribution < 1.29 is 0 Å². The SMILES string of the molecule is C=C1CCCCCCCN1C. The summed E-state index contributed by atoms with van der Waals surface area (Å²) in [6.07, 6.45) is 8.10. The van der Waals surface area contributed by atoms with Crippen molar-refractivity contribution in [2.24, 2.45) is 0 Å². The van der Waals surface area contributed by atoms with Crippen molar-refractivity contribution in [1.82, 2.24) is 4.90 Å². The third-order valence-electron chi connectivity index (χ3n) is 2.50. The maximum atomic E-state index is 4.06. The maximum Gasteiger partial charge on any atom is 0.0171 e. The van der Waals surface area contributed by atoms with Gasteiger partial charge in [-0.25, -0.2) is 0 Å². The van der Waals surface area contributed by atoms with Crippen LogP contribution in [0.5, 0.6) is 0 Å². The Morgan fingerprint density at radius 2 is 1.73 bits per heavy atom. The van der Waals surface area contributed by atoms with Gasteiger partial charge in [-0.2, -0.15) is 0 Å². The Kier molecular flexibility index (Phi) is 3.47. The third kappa shape index (κ3) is 2.96. The molecule has 0 unspecified atom stereocenters. The molecule has 0 aromatic rings. The van der Waals surface area contributed by atoms with E-state index in [4.69, 9.17) is 0 Å². The van der Waals surface area contributed by atoms with Crippen LogP contribution in [0.15, 0.2) is 12.3 Å². The largest absolute Gasteiger partial charge is 0.378 e. The zero-order valence-corrected chi connectivity index (χ0v) is 7.60. The van der Waals surface area contributed by atoms with E-state index in [1.54, 1.807) is 0 Å². The van der Waals surface area contributed by atoms with Crippen LogP contribution in [-0.4, -0.2) is 18.5 Å². The molecule has 0 aromatic heterocycles. The molecule has 64 valence electrons. The summed E-state index contributed by atoms with van der Waals surface area (Å²) in [5.41, 5.74) is 1.33. The highest BCUT2D eigenvalue weighted by Crippen LogP contribution is 2.15. The molecule has 0 amide bonds. The molecule has 0 atom stereocenters. The monoisotopic (exact) mass is 153 g/mol. The summed E-state index contributed by atoms with van der Waals surface area (Å²) >= 11 is 0. The second-order valence-corrected chi connectivity index (χ2v) is 3.51. The summed E-state index contributed by atoms with van der Waals surface area (Å²) in [5, 5.41) is 0. The highest BCUT2D eigenvalue weighted by molar-refractivity contribution is 4.92. The van der Waals surface area contributed by atoms with Crippen LogP contribution in [0.1, 0.15) is 38.5 Å². The average molecular weight is 153 g/mol. The minimum atomic E-state index is 1.20. The smallest absolute Gasteiger partial charge is 0.0171 e. The van der Waals surface area contributed by atoms with Crippen LogP contribution in [-0.2, 0) is 0 Å². The fraction of sp³-hybridized carbons (Fsp3) is 0.800.